The van der Waals surface area contributed by atoms with Crippen molar-refractivity contribution in [2.45, 2.75) is 40.0 Å². The summed E-state index contributed by atoms with van der Waals surface area (Å²) in [5, 5.41) is 19.7. The van der Waals surface area contributed by atoms with Gasteiger partial charge in [-0.1, -0.05) is 26.8 Å². The predicted molar refractivity (Wildman–Crippen MR) is 83.4 cm³/mol. The summed E-state index contributed by atoms with van der Waals surface area (Å²) in [4.78, 5) is 0. The van der Waals surface area contributed by atoms with Gasteiger partial charge in [0.1, 0.15) is 11.5 Å². The molecule has 2 aromatic carbocycles. The van der Waals surface area contributed by atoms with Crippen molar-refractivity contribution in [1.82, 2.24) is 0 Å². The highest BCUT2D eigenvalue weighted by molar-refractivity contribution is 5.72. The third-order valence-corrected chi connectivity index (χ3v) is 3.65. The van der Waals surface area contributed by atoms with E-state index in [1.807, 2.05) is 38.1 Å². The Morgan fingerprint density at radius 2 is 1.40 bits per heavy atom. The molecule has 0 heterocycles. The van der Waals surface area contributed by atoms with Crippen molar-refractivity contribution in [2.75, 3.05) is 0 Å². The third kappa shape index (κ3) is 2.64. The molecule has 0 bridgehead atoms. The van der Waals surface area contributed by atoms with Crippen LogP contribution in [-0.4, -0.2) is 10.2 Å². The first kappa shape index (κ1) is 14.4. The fourth-order valence-corrected chi connectivity index (χ4v) is 2.38. The normalized spacial score (nSPS) is 11.7. The molecule has 0 saturated heterocycles. The van der Waals surface area contributed by atoms with E-state index in [0.717, 1.165) is 27.8 Å². The molecule has 2 aromatic rings. The van der Waals surface area contributed by atoms with Crippen LogP contribution in [0, 0.1) is 13.8 Å². The molecule has 0 unspecified atom stereocenters. The van der Waals surface area contributed by atoms with Crippen molar-refractivity contribution < 1.29 is 10.2 Å². The summed E-state index contributed by atoms with van der Waals surface area (Å²) in [6.07, 6.45) is 0. The van der Waals surface area contributed by atoms with Crippen LogP contribution in [0.4, 0.5) is 0 Å². The smallest absolute Gasteiger partial charge is 0.118 e. The second-order valence-electron chi connectivity index (χ2n) is 6.44. The molecule has 2 rings (SSSR count). The highest BCUT2D eigenvalue weighted by Crippen LogP contribution is 2.38. The summed E-state index contributed by atoms with van der Waals surface area (Å²) in [6.45, 7) is 10.2. The summed E-state index contributed by atoms with van der Waals surface area (Å²) in [6, 6.07) is 9.49. The van der Waals surface area contributed by atoms with Crippen LogP contribution >= 0.6 is 0 Å². The van der Waals surface area contributed by atoms with E-state index in [1.165, 1.54) is 0 Å². The lowest BCUT2D eigenvalue weighted by atomic mass is 9.80. The van der Waals surface area contributed by atoms with Gasteiger partial charge in [-0.05, 0) is 71.3 Å². The molecule has 2 heteroatoms. The molecule has 0 aliphatic carbocycles. The van der Waals surface area contributed by atoms with Crippen LogP contribution in [0.2, 0.25) is 0 Å². The zero-order valence-corrected chi connectivity index (χ0v) is 12.8. The summed E-state index contributed by atoms with van der Waals surface area (Å²) < 4.78 is 0. The number of rotatable bonds is 1. The molecular formula is C18H22O2. The lowest BCUT2D eigenvalue weighted by Crippen LogP contribution is -2.13. The Morgan fingerprint density at radius 1 is 0.800 bits per heavy atom. The summed E-state index contributed by atoms with van der Waals surface area (Å²) in [5.74, 6) is 0.635. The zero-order chi connectivity index (χ0) is 15.1. The van der Waals surface area contributed by atoms with E-state index >= 15 is 0 Å². The predicted octanol–water partition coefficient (Wildman–Crippen LogP) is 4.68. The zero-order valence-electron chi connectivity index (χ0n) is 12.8. The van der Waals surface area contributed by atoms with Gasteiger partial charge in [0, 0.05) is 0 Å². The first-order valence-corrected chi connectivity index (χ1v) is 6.84. The molecule has 0 amide bonds. The molecule has 2 nitrogen and oxygen atoms in total. The summed E-state index contributed by atoms with van der Waals surface area (Å²) >= 11 is 0. The minimum Gasteiger partial charge on any atom is -0.508 e. The fourth-order valence-electron chi connectivity index (χ4n) is 2.38. The molecule has 20 heavy (non-hydrogen) atoms. The Hall–Kier alpha value is -1.96. The summed E-state index contributed by atoms with van der Waals surface area (Å²) in [5.41, 5.74) is 4.92. The van der Waals surface area contributed by atoms with E-state index in [0.29, 0.717) is 11.5 Å². The first-order chi connectivity index (χ1) is 9.20. The minimum absolute atomic E-state index is 0.0632. The topological polar surface area (TPSA) is 40.5 Å². The number of hydrogen-bond donors (Lipinski definition) is 2. The molecule has 0 aliphatic rings. The average Bonchev–Trinajstić information content (AvgIpc) is 2.34. The van der Waals surface area contributed by atoms with Crippen LogP contribution in [0.1, 0.15) is 37.5 Å². The van der Waals surface area contributed by atoms with Gasteiger partial charge in [-0.3, -0.25) is 0 Å². The number of phenols is 2. The largest absolute Gasteiger partial charge is 0.508 e. The van der Waals surface area contributed by atoms with Crippen molar-refractivity contribution in [3.8, 4) is 22.6 Å². The number of aromatic hydroxyl groups is 2. The SMILES string of the molecule is Cc1cc(-c2cc(C)c(O)cc2C(C)(C)C)ccc1O. The number of phenolic OH excluding ortho intramolecular Hbond substituents is 2. The highest BCUT2D eigenvalue weighted by Gasteiger charge is 2.20. The maximum Gasteiger partial charge on any atom is 0.118 e. The number of hydrogen-bond acceptors (Lipinski definition) is 2. The maximum atomic E-state index is 9.99. The third-order valence-electron chi connectivity index (χ3n) is 3.65. The lowest BCUT2D eigenvalue weighted by Gasteiger charge is -2.24. The highest BCUT2D eigenvalue weighted by atomic mass is 16.3. The maximum absolute atomic E-state index is 9.99. The van der Waals surface area contributed by atoms with E-state index in [4.69, 9.17) is 0 Å². The number of benzene rings is 2. The van der Waals surface area contributed by atoms with Crippen LogP contribution in [0.25, 0.3) is 11.1 Å². The van der Waals surface area contributed by atoms with Gasteiger partial charge >= 0.3 is 0 Å². The molecule has 106 valence electrons. The van der Waals surface area contributed by atoms with Crippen molar-refractivity contribution in [1.29, 1.82) is 0 Å². The Balaban J connectivity index is 2.72. The molecule has 0 aliphatic heterocycles. The van der Waals surface area contributed by atoms with Gasteiger partial charge in [-0.25, -0.2) is 0 Å². The Bertz CT molecular complexity index is 649. The molecule has 0 saturated carbocycles. The molecule has 0 spiro atoms. The van der Waals surface area contributed by atoms with Crippen molar-refractivity contribution in [2.24, 2.45) is 0 Å². The van der Waals surface area contributed by atoms with Gasteiger partial charge in [0.25, 0.3) is 0 Å². The average molecular weight is 270 g/mol. The molecular weight excluding hydrogens is 248 g/mol. The molecule has 2 N–H and O–H groups in total. The lowest BCUT2D eigenvalue weighted by molar-refractivity contribution is 0.467. The minimum atomic E-state index is -0.0632. The van der Waals surface area contributed by atoms with E-state index in [1.54, 1.807) is 6.07 Å². The van der Waals surface area contributed by atoms with Crippen LogP contribution in [0.15, 0.2) is 30.3 Å². The van der Waals surface area contributed by atoms with Crippen LogP contribution in [0.5, 0.6) is 11.5 Å². The molecule has 0 radical (unpaired) electrons. The molecule has 0 atom stereocenters. The van der Waals surface area contributed by atoms with Crippen molar-refractivity contribution in [3.63, 3.8) is 0 Å². The van der Waals surface area contributed by atoms with Gasteiger partial charge in [0.15, 0.2) is 0 Å². The van der Waals surface area contributed by atoms with E-state index < -0.39 is 0 Å². The van der Waals surface area contributed by atoms with Gasteiger partial charge in [0.05, 0.1) is 0 Å². The fraction of sp³-hybridized carbons (Fsp3) is 0.333. The Labute approximate surface area is 120 Å². The second kappa shape index (κ2) is 4.86. The van der Waals surface area contributed by atoms with Crippen LogP contribution in [0.3, 0.4) is 0 Å². The van der Waals surface area contributed by atoms with E-state index in [9.17, 15) is 10.2 Å². The van der Waals surface area contributed by atoms with E-state index in [-0.39, 0.29) is 5.41 Å². The van der Waals surface area contributed by atoms with Gasteiger partial charge in [-0.15, -0.1) is 0 Å². The van der Waals surface area contributed by atoms with Crippen LogP contribution in [-0.2, 0) is 5.41 Å². The Morgan fingerprint density at radius 3 is 1.95 bits per heavy atom. The first-order valence-electron chi connectivity index (χ1n) is 6.84. The van der Waals surface area contributed by atoms with Gasteiger partial charge < -0.3 is 10.2 Å². The molecule has 0 aromatic heterocycles. The van der Waals surface area contributed by atoms with Crippen molar-refractivity contribution >= 4 is 0 Å². The van der Waals surface area contributed by atoms with E-state index in [2.05, 4.69) is 20.8 Å². The second-order valence-corrected chi connectivity index (χ2v) is 6.44. The van der Waals surface area contributed by atoms with Gasteiger partial charge in [0.2, 0.25) is 0 Å². The van der Waals surface area contributed by atoms with Gasteiger partial charge in [-0.2, -0.15) is 0 Å². The van der Waals surface area contributed by atoms with Crippen LogP contribution < -0.4 is 0 Å². The Kier molecular flexibility index (Phi) is 3.51. The number of aryl methyl sites for hydroxylation is 2. The summed E-state index contributed by atoms with van der Waals surface area (Å²) in [7, 11) is 0. The molecule has 0 fully saturated rings. The quantitative estimate of drug-likeness (QED) is 0.790. The standard InChI is InChI=1S/C18H22O2/c1-11-8-13(6-7-16(11)19)14-9-12(2)17(20)10-15(14)18(3,4)5/h6-10,19-20H,1-5H3. The monoisotopic (exact) mass is 270 g/mol. The van der Waals surface area contributed by atoms with Crippen molar-refractivity contribution in [3.05, 3.63) is 47.0 Å².